The van der Waals surface area contributed by atoms with Gasteiger partial charge in [0.25, 0.3) is 0 Å². The van der Waals surface area contributed by atoms with Crippen molar-refractivity contribution < 1.29 is 14.6 Å². The second-order valence-corrected chi connectivity index (χ2v) is 4.83. The smallest absolute Gasteiger partial charge is 0.136 e. The van der Waals surface area contributed by atoms with Gasteiger partial charge in [0, 0.05) is 36.4 Å². The summed E-state index contributed by atoms with van der Waals surface area (Å²) < 4.78 is 5.81. The molecule has 1 aromatic heterocycles. The van der Waals surface area contributed by atoms with Crippen LogP contribution in [0.1, 0.15) is 12.7 Å². The number of anilines is 2. The summed E-state index contributed by atoms with van der Waals surface area (Å²) in [5.41, 5.74) is 8.31. The van der Waals surface area contributed by atoms with Gasteiger partial charge in [-0.3, -0.25) is 0 Å². The van der Waals surface area contributed by atoms with Crippen LogP contribution in [-0.2, 0) is 6.42 Å². The van der Waals surface area contributed by atoms with Crippen molar-refractivity contribution in [2.45, 2.75) is 13.3 Å². The van der Waals surface area contributed by atoms with Crippen molar-refractivity contribution in [3.8, 4) is 11.3 Å². The minimum Gasteiger partial charge on any atom is -0.461 e. The number of hydrogen-bond donors (Lipinski definition) is 3. The zero-order valence-electron chi connectivity index (χ0n) is 12.2. The van der Waals surface area contributed by atoms with Gasteiger partial charge in [0.1, 0.15) is 11.5 Å². The highest BCUT2D eigenvalue weighted by Gasteiger charge is 2.15. The molecule has 114 valence electrons. The molecule has 0 radical (unpaired) electrons. The highest BCUT2D eigenvalue weighted by molar-refractivity contribution is 5.78. The molecule has 0 saturated heterocycles. The number of nitrogen functional groups attached to an aromatic ring is 1. The molecule has 0 aliphatic rings. The molecule has 1 heterocycles. The van der Waals surface area contributed by atoms with E-state index in [0.717, 1.165) is 29.2 Å². The summed E-state index contributed by atoms with van der Waals surface area (Å²) in [6, 6.07) is 9.43. The van der Waals surface area contributed by atoms with Crippen LogP contribution in [0.5, 0.6) is 0 Å². The summed E-state index contributed by atoms with van der Waals surface area (Å²) in [6.07, 6.45) is 0.828. The molecule has 0 fully saturated rings. The zero-order chi connectivity index (χ0) is 15.2. The molecule has 2 aromatic rings. The lowest BCUT2D eigenvalue weighted by atomic mass is 10.1. The van der Waals surface area contributed by atoms with E-state index in [0.29, 0.717) is 18.8 Å². The monoisotopic (exact) mass is 290 g/mol. The quantitative estimate of drug-likeness (QED) is 0.678. The summed E-state index contributed by atoms with van der Waals surface area (Å²) in [4.78, 5) is 1.92. The van der Waals surface area contributed by atoms with E-state index in [1.165, 1.54) is 0 Å². The molecule has 0 spiro atoms. The van der Waals surface area contributed by atoms with Gasteiger partial charge in [-0.15, -0.1) is 0 Å². The molecule has 0 aliphatic heterocycles. The van der Waals surface area contributed by atoms with Crippen molar-refractivity contribution >= 4 is 11.4 Å². The van der Waals surface area contributed by atoms with Gasteiger partial charge in [0.15, 0.2) is 0 Å². The fourth-order valence-corrected chi connectivity index (χ4v) is 2.33. The molecule has 0 saturated carbocycles. The SMILES string of the molecule is CCc1ccc(-c2cc(N)ccc2N(CCO)CCO)o1. The van der Waals surface area contributed by atoms with Gasteiger partial charge in [-0.05, 0) is 30.3 Å². The fraction of sp³-hybridized carbons (Fsp3) is 0.375. The maximum Gasteiger partial charge on any atom is 0.136 e. The van der Waals surface area contributed by atoms with Crippen LogP contribution in [0.2, 0.25) is 0 Å². The normalized spacial score (nSPS) is 10.8. The maximum atomic E-state index is 9.21. The molecular weight excluding hydrogens is 268 g/mol. The standard InChI is InChI=1S/C16H22N2O3/c1-2-13-4-6-16(21-13)14-11-12(17)3-5-15(14)18(7-9-19)8-10-20/h3-6,11,19-20H,2,7-10,17H2,1H3. The van der Waals surface area contributed by atoms with Gasteiger partial charge in [-0.2, -0.15) is 0 Å². The molecule has 1 aromatic carbocycles. The number of nitrogens with two attached hydrogens (primary N) is 1. The number of aliphatic hydroxyl groups is 2. The van der Waals surface area contributed by atoms with Crippen LogP contribution in [0, 0.1) is 0 Å². The summed E-state index contributed by atoms with van der Waals surface area (Å²) in [6.45, 7) is 2.95. The number of aliphatic hydroxyl groups excluding tert-OH is 2. The maximum absolute atomic E-state index is 9.21. The number of hydrogen-bond acceptors (Lipinski definition) is 5. The van der Waals surface area contributed by atoms with E-state index in [2.05, 4.69) is 0 Å². The Balaban J connectivity index is 2.45. The van der Waals surface area contributed by atoms with Gasteiger partial charge in [-0.1, -0.05) is 6.92 Å². The second kappa shape index (κ2) is 7.15. The van der Waals surface area contributed by atoms with Gasteiger partial charge < -0.3 is 25.3 Å². The largest absolute Gasteiger partial charge is 0.461 e. The van der Waals surface area contributed by atoms with E-state index in [-0.39, 0.29) is 13.2 Å². The zero-order valence-corrected chi connectivity index (χ0v) is 12.2. The molecule has 0 aliphatic carbocycles. The Hall–Kier alpha value is -1.98. The highest BCUT2D eigenvalue weighted by Crippen LogP contribution is 2.34. The van der Waals surface area contributed by atoms with Crippen LogP contribution in [0.3, 0.4) is 0 Å². The van der Waals surface area contributed by atoms with Crippen LogP contribution < -0.4 is 10.6 Å². The lowest BCUT2D eigenvalue weighted by Crippen LogP contribution is -2.30. The van der Waals surface area contributed by atoms with E-state index in [9.17, 15) is 10.2 Å². The Kier molecular flexibility index (Phi) is 5.25. The van der Waals surface area contributed by atoms with Gasteiger partial charge in [-0.25, -0.2) is 0 Å². The first-order valence-corrected chi connectivity index (χ1v) is 7.14. The predicted molar refractivity (Wildman–Crippen MR) is 84.3 cm³/mol. The van der Waals surface area contributed by atoms with Gasteiger partial charge in [0.05, 0.1) is 13.2 Å². The minimum absolute atomic E-state index is 0.0161. The summed E-state index contributed by atoms with van der Waals surface area (Å²) in [7, 11) is 0. The van der Waals surface area contributed by atoms with E-state index in [1.54, 1.807) is 0 Å². The van der Waals surface area contributed by atoms with Crippen molar-refractivity contribution in [3.63, 3.8) is 0 Å². The molecule has 0 bridgehead atoms. The summed E-state index contributed by atoms with van der Waals surface area (Å²) in [5.74, 6) is 1.66. The molecular formula is C16H22N2O3. The third-order valence-corrected chi connectivity index (χ3v) is 3.38. The van der Waals surface area contributed by atoms with E-state index < -0.39 is 0 Å². The molecule has 0 amide bonds. The average Bonchev–Trinajstić information content (AvgIpc) is 2.96. The first kappa shape index (κ1) is 15.4. The van der Waals surface area contributed by atoms with Crippen LogP contribution in [0.25, 0.3) is 11.3 Å². The van der Waals surface area contributed by atoms with Gasteiger partial charge in [0.2, 0.25) is 0 Å². The van der Waals surface area contributed by atoms with Crippen LogP contribution in [0.15, 0.2) is 34.7 Å². The predicted octanol–water partition coefficient (Wildman–Crippen LogP) is 1.88. The Labute approximate surface area is 124 Å². The van der Waals surface area contributed by atoms with Crippen molar-refractivity contribution in [2.24, 2.45) is 0 Å². The summed E-state index contributed by atoms with van der Waals surface area (Å²) >= 11 is 0. The number of nitrogens with zero attached hydrogens (tertiary/aromatic N) is 1. The number of furan rings is 1. The molecule has 0 unspecified atom stereocenters. The third kappa shape index (κ3) is 3.56. The molecule has 4 N–H and O–H groups in total. The number of benzene rings is 1. The second-order valence-electron chi connectivity index (χ2n) is 4.83. The topological polar surface area (TPSA) is 82.9 Å². The van der Waals surface area contributed by atoms with Crippen molar-refractivity contribution in [3.05, 3.63) is 36.1 Å². The van der Waals surface area contributed by atoms with E-state index in [4.69, 9.17) is 10.2 Å². The Morgan fingerprint density at radius 3 is 2.38 bits per heavy atom. The van der Waals surface area contributed by atoms with E-state index >= 15 is 0 Å². The molecule has 5 nitrogen and oxygen atoms in total. The molecule has 0 atom stereocenters. The Morgan fingerprint density at radius 2 is 1.81 bits per heavy atom. The lowest BCUT2D eigenvalue weighted by Gasteiger charge is -2.25. The first-order chi connectivity index (χ1) is 10.2. The average molecular weight is 290 g/mol. The van der Waals surface area contributed by atoms with Crippen molar-refractivity contribution in [1.82, 2.24) is 0 Å². The number of rotatable bonds is 7. The van der Waals surface area contributed by atoms with Crippen molar-refractivity contribution in [2.75, 3.05) is 36.9 Å². The van der Waals surface area contributed by atoms with Crippen LogP contribution in [0.4, 0.5) is 11.4 Å². The summed E-state index contributed by atoms with van der Waals surface area (Å²) in [5, 5.41) is 18.4. The molecule has 5 heteroatoms. The fourth-order valence-electron chi connectivity index (χ4n) is 2.33. The molecule has 21 heavy (non-hydrogen) atoms. The highest BCUT2D eigenvalue weighted by atomic mass is 16.3. The van der Waals surface area contributed by atoms with Crippen molar-refractivity contribution in [1.29, 1.82) is 0 Å². The minimum atomic E-state index is 0.0161. The lowest BCUT2D eigenvalue weighted by molar-refractivity contribution is 0.281. The van der Waals surface area contributed by atoms with Crippen LogP contribution >= 0.6 is 0 Å². The number of aryl methyl sites for hydroxylation is 1. The van der Waals surface area contributed by atoms with Crippen LogP contribution in [-0.4, -0.2) is 36.5 Å². The van der Waals surface area contributed by atoms with Gasteiger partial charge >= 0.3 is 0 Å². The molecule has 2 rings (SSSR count). The Bertz CT molecular complexity index is 575. The third-order valence-electron chi connectivity index (χ3n) is 3.38. The first-order valence-electron chi connectivity index (χ1n) is 7.14. The Morgan fingerprint density at radius 1 is 1.10 bits per heavy atom. The van der Waals surface area contributed by atoms with E-state index in [1.807, 2.05) is 42.2 Å².